The van der Waals surface area contributed by atoms with Gasteiger partial charge < -0.3 is 25.3 Å². The van der Waals surface area contributed by atoms with E-state index in [0.29, 0.717) is 18.7 Å². The molecule has 1 heterocycles. The number of primary amides is 1. The number of nitrogens with two attached hydrogens (primary N) is 1. The molecule has 0 saturated carbocycles. The van der Waals surface area contributed by atoms with Crippen molar-refractivity contribution in [1.82, 2.24) is 5.32 Å². The molecule has 0 aliphatic carbocycles. The van der Waals surface area contributed by atoms with Gasteiger partial charge in [-0.1, -0.05) is 29.8 Å². The normalized spacial score (nSPS) is 15.1. The summed E-state index contributed by atoms with van der Waals surface area (Å²) in [7, 11) is 1.42. The van der Waals surface area contributed by atoms with Crippen LogP contribution in [0.15, 0.2) is 36.4 Å². The molecule has 2 amide bonds. The van der Waals surface area contributed by atoms with Gasteiger partial charge in [-0.3, -0.25) is 9.59 Å². The zero-order valence-electron chi connectivity index (χ0n) is 15.4. The number of carbonyl (C=O) groups is 2. The number of amides is 2. The lowest BCUT2D eigenvalue weighted by Gasteiger charge is -2.25. The summed E-state index contributed by atoms with van der Waals surface area (Å²) in [5.41, 5.74) is 6.54. The summed E-state index contributed by atoms with van der Waals surface area (Å²) in [6.45, 7) is 0.666. The minimum Gasteiger partial charge on any atom is -0.493 e. The Morgan fingerprint density at radius 2 is 2.11 bits per heavy atom. The first-order valence-corrected chi connectivity index (χ1v) is 9.13. The van der Waals surface area contributed by atoms with E-state index in [1.807, 2.05) is 24.3 Å². The van der Waals surface area contributed by atoms with E-state index >= 15 is 0 Å². The van der Waals surface area contributed by atoms with Crippen LogP contribution in [0.4, 0.5) is 0 Å². The Morgan fingerprint density at radius 1 is 1.32 bits per heavy atom. The maximum Gasteiger partial charge on any atom is 0.255 e. The molecule has 0 bridgehead atoms. The number of hydrogen-bond donors (Lipinski definition) is 2. The van der Waals surface area contributed by atoms with Gasteiger partial charge in [0.25, 0.3) is 11.8 Å². The molecular formula is C20H21ClN2O5. The highest BCUT2D eigenvalue weighted by Gasteiger charge is 2.21. The summed E-state index contributed by atoms with van der Waals surface area (Å²) in [5.74, 6) is 0.546. The number of ether oxygens (including phenoxy) is 3. The van der Waals surface area contributed by atoms with Crippen LogP contribution in [-0.4, -0.2) is 38.7 Å². The van der Waals surface area contributed by atoms with E-state index in [1.165, 1.54) is 19.2 Å². The Morgan fingerprint density at radius 3 is 2.86 bits per heavy atom. The summed E-state index contributed by atoms with van der Waals surface area (Å²) in [4.78, 5) is 23.5. The van der Waals surface area contributed by atoms with Gasteiger partial charge in [-0.05, 0) is 30.2 Å². The Balaban J connectivity index is 1.64. The van der Waals surface area contributed by atoms with Crippen LogP contribution < -0.4 is 25.3 Å². The van der Waals surface area contributed by atoms with Gasteiger partial charge in [-0.15, -0.1) is 0 Å². The molecule has 2 aromatic carbocycles. The second kappa shape index (κ2) is 8.84. The number of nitrogens with one attached hydrogen (secondary N) is 1. The van der Waals surface area contributed by atoms with Gasteiger partial charge in [-0.25, -0.2) is 0 Å². The standard InChI is InChI=1S/C20H21ClN2O5/c1-26-17-8-14(7-15(21)19(17)28-11-18(22)24)20(25)23-9-12-6-13-4-2-3-5-16(13)27-10-12/h2-5,7-8,12H,6,9-11H2,1H3,(H2,22,24)(H,23,25). The van der Waals surface area contributed by atoms with E-state index < -0.39 is 5.91 Å². The van der Waals surface area contributed by atoms with Crippen molar-refractivity contribution in [3.63, 3.8) is 0 Å². The quantitative estimate of drug-likeness (QED) is 0.736. The van der Waals surface area contributed by atoms with E-state index in [2.05, 4.69) is 5.32 Å². The number of halogens is 1. The van der Waals surface area contributed by atoms with Crippen LogP contribution in [-0.2, 0) is 11.2 Å². The molecule has 148 valence electrons. The SMILES string of the molecule is COc1cc(C(=O)NCC2COc3ccccc3C2)cc(Cl)c1OCC(N)=O. The van der Waals surface area contributed by atoms with Crippen molar-refractivity contribution < 1.29 is 23.8 Å². The smallest absolute Gasteiger partial charge is 0.255 e. The molecule has 1 unspecified atom stereocenters. The Hall–Kier alpha value is -2.93. The van der Waals surface area contributed by atoms with Gasteiger partial charge in [0.05, 0.1) is 18.7 Å². The molecule has 3 rings (SSSR count). The highest BCUT2D eigenvalue weighted by molar-refractivity contribution is 6.32. The molecule has 0 spiro atoms. The molecule has 8 heteroatoms. The minimum absolute atomic E-state index is 0.153. The largest absolute Gasteiger partial charge is 0.493 e. The van der Waals surface area contributed by atoms with Gasteiger partial charge in [0, 0.05) is 18.0 Å². The van der Waals surface area contributed by atoms with Crippen molar-refractivity contribution in [3.05, 3.63) is 52.5 Å². The van der Waals surface area contributed by atoms with Crippen LogP contribution in [0.5, 0.6) is 17.2 Å². The van der Waals surface area contributed by atoms with Crippen LogP contribution in [0.3, 0.4) is 0 Å². The number of rotatable bonds is 7. The first-order chi connectivity index (χ1) is 13.5. The monoisotopic (exact) mass is 404 g/mol. The van der Waals surface area contributed by atoms with Crippen molar-refractivity contribution in [2.75, 3.05) is 26.9 Å². The topological polar surface area (TPSA) is 99.9 Å². The molecule has 1 aliphatic rings. The highest BCUT2D eigenvalue weighted by Crippen LogP contribution is 2.36. The van der Waals surface area contributed by atoms with E-state index in [0.717, 1.165) is 17.7 Å². The van der Waals surface area contributed by atoms with Gasteiger partial charge in [0.1, 0.15) is 5.75 Å². The number of fused-ring (bicyclic) bond motifs is 1. The Bertz CT molecular complexity index is 887. The third-order valence-electron chi connectivity index (χ3n) is 4.36. The third-order valence-corrected chi connectivity index (χ3v) is 4.64. The van der Waals surface area contributed by atoms with Gasteiger partial charge >= 0.3 is 0 Å². The van der Waals surface area contributed by atoms with E-state index in [-0.39, 0.29) is 35.0 Å². The fourth-order valence-corrected chi connectivity index (χ4v) is 3.26. The summed E-state index contributed by atoms with van der Waals surface area (Å²) < 4.78 is 16.2. The zero-order valence-corrected chi connectivity index (χ0v) is 16.1. The van der Waals surface area contributed by atoms with Gasteiger partial charge in [0.15, 0.2) is 18.1 Å². The predicted molar refractivity (Wildman–Crippen MR) is 104 cm³/mol. The first kappa shape index (κ1) is 19.8. The minimum atomic E-state index is -0.642. The summed E-state index contributed by atoms with van der Waals surface area (Å²) >= 11 is 6.19. The molecule has 2 aromatic rings. The average molecular weight is 405 g/mol. The predicted octanol–water partition coefficient (Wildman–Crippen LogP) is 2.19. The number of benzene rings is 2. The van der Waals surface area contributed by atoms with Crippen LogP contribution in [0, 0.1) is 5.92 Å². The first-order valence-electron chi connectivity index (χ1n) is 8.75. The molecule has 0 saturated heterocycles. The second-order valence-electron chi connectivity index (χ2n) is 6.44. The Labute approximate surface area is 167 Å². The lowest BCUT2D eigenvalue weighted by Crippen LogP contribution is -2.34. The fourth-order valence-electron chi connectivity index (χ4n) is 3.00. The molecule has 3 N–H and O–H groups in total. The summed E-state index contributed by atoms with van der Waals surface area (Å²) in [6.07, 6.45) is 0.834. The van der Waals surface area contributed by atoms with Crippen molar-refractivity contribution >= 4 is 23.4 Å². The highest BCUT2D eigenvalue weighted by atomic mass is 35.5. The van der Waals surface area contributed by atoms with Crippen molar-refractivity contribution in [1.29, 1.82) is 0 Å². The van der Waals surface area contributed by atoms with Crippen LogP contribution in [0.2, 0.25) is 5.02 Å². The van der Waals surface area contributed by atoms with Crippen LogP contribution in [0.25, 0.3) is 0 Å². The zero-order chi connectivity index (χ0) is 20.1. The van der Waals surface area contributed by atoms with E-state index in [9.17, 15) is 9.59 Å². The summed E-state index contributed by atoms with van der Waals surface area (Å²) in [6, 6.07) is 10.8. The van der Waals surface area contributed by atoms with Crippen molar-refractivity contribution in [3.8, 4) is 17.2 Å². The van der Waals surface area contributed by atoms with Gasteiger partial charge in [-0.2, -0.15) is 0 Å². The molecule has 1 aliphatic heterocycles. The van der Waals surface area contributed by atoms with E-state index in [1.54, 1.807) is 0 Å². The lowest BCUT2D eigenvalue weighted by atomic mass is 9.96. The van der Waals surface area contributed by atoms with Crippen LogP contribution in [0.1, 0.15) is 15.9 Å². The summed E-state index contributed by atoms with van der Waals surface area (Å²) in [5, 5.41) is 3.05. The number of methoxy groups -OCH3 is 1. The molecule has 7 nitrogen and oxygen atoms in total. The average Bonchev–Trinajstić information content (AvgIpc) is 2.70. The number of carbonyl (C=O) groups excluding carboxylic acids is 2. The third kappa shape index (κ3) is 4.67. The number of hydrogen-bond acceptors (Lipinski definition) is 5. The molecular weight excluding hydrogens is 384 g/mol. The number of para-hydroxylation sites is 1. The molecule has 28 heavy (non-hydrogen) atoms. The van der Waals surface area contributed by atoms with Crippen molar-refractivity contribution in [2.24, 2.45) is 11.7 Å². The lowest BCUT2D eigenvalue weighted by molar-refractivity contribution is -0.119. The van der Waals surface area contributed by atoms with Gasteiger partial charge in [0.2, 0.25) is 0 Å². The maximum atomic E-state index is 12.5. The molecule has 1 atom stereocenters. The second-order valence-corrected chi connectivity index (χ2v) is 6.85. The molecule has 0 aromatic heterocycles. The van der Waals surface area contributed by atoms with Crippen molar-refractivity contribution in [2.45, 2.75) is 6.42 Å². The fraction of sp³-hybridized carbons (Fsp3) is 0.300. The van der Waals surface area contributed by atoms with Crippen LogP contribution >= 0.6 is 11.6 Å². The Kier molecular flexibility index (Phi) is 6.26. The molecule has 0 radical (unpaired) electrons. The van der Waals surface area contributed by atoms with E-state index in [4.69, 9.17) is 31.5 Å². The molecule has 0 fully saturated rings. The maximum absolute atomic E-state index is 12.5.